The van der Waals surface area contributed by atoms with Gasteiger partial charge in [-0.2, -0.15) is 0 Å². The van der Waals surface area contributed by atoms with Crippen LogP contribution in [0.5, 0.6) is 5.75 Å². The van der Waals surface area contributed by atoms with Crippen molar-refractivity contribution < 1.29 is 4.74 Å². The molecule has 0 amide bonds. The molecular formula is C14H20N2O. The van der Waals surface area contributed by atoms with Gasteiger partial charge in [0.1, 0.15) is 5.75 Å². The molecule has 2 aliphatic heterocycles. The Labute approximate surface area is 103 Å². The lowest BCUT2D eigenvalue weighted by atomic mass is 10.0. The van der Waals surface area contributed by atoms with Crippen LogP contribution in [-0.2, 0) is 6.42 Å². The quantitative estimate of drug-likeness (QED) is 0.858. The minimum Gasteiger partial charge on any atom is -0.493 e. The number of aryl methyl sites for hydroxylation is 1. The third kappa shape index (κ3) is 2.25. The van der Waals surface area contributed by atoms with Crippen LogP contribution in [0.4, 0.5) is 5.69 Å². The average molecular weight is 232 g/mol. The summed E-state index contributed by atoms with van der Waals surface area (Å²) in [4.78, 5) is 2.36. The van der Waals surface area contributed by atoms with E-state index >= 15 is 0 Å². The van der Waals surface area contributed by atoms with E-state index in [1.54, 1.807) is 0 Å². The van der Waals surface area contributed by atoms with Gasteiger partial charge in [-0.25, -0.2) is 0 Å². The van der Waals surface area contributed by atoms with Gasteiger partial charge in [-0.3, -0.25) is 0 Å². The monoisotopic (exact) mass is 232 g/mol. The molecular weight excluding hydrogens is 212 g/mol. The molecule has 0 saturated carbocycles. The summed E-state index contributed by atoms with van der Waals surface area (Å²) in [6.45, 7) is 4.35. The summed E-state index contributed by atoms with van der Waals surface area (Å²) in [5.74, 6) is 1.89. The maximum atomic E-state index is 5.64. The first-order valence-corrected chi connectivity index (χ1v) is 6.50. The molecule has 3 heteroatoms. The highest BCUT2D eigenvalue weighted by atomic mass is 16.5. The number of fused-ring (bicyclic) bond motifs is 1. The van der Waals surface area contributed by atoms with Crippen LogP contribution in [0.3, 0.4) is 0 Å². The highest BCUT2D eigenvalue weighted by Gasteiger charge is 2.19. The van der Waals surface area contributed by atoms with Crippen LogP contribution in [0, 0.1) is 5.92 Å². The molecule has 1 fully saturated rings. The van der Waals surface area contributed by atoms with Gasteiger partial charge in [0.05, 0.1) is 6.61 Å². The van der Waals surface area contributed by atoms with Crippen LogP contribution in [0.1, 0.15) is 12.0 Å². The van der Waals surface area contributed by atoms with Crippen molar-refractivity contribution in [3.8, 4) is 5.75 Å². The molecule has 0 spiro atoms. The molecule has 2 aliphatic rings. The second kappa shape index (κ2) is 4.57. The molecule has 1 aromatic carbocycles. The smallest absolute Gasteiger partial charge is 0.122 e. The van der Waals surface area contributed by atoms with E-state index in [9.17, 15) is 0 Å². The average Bonchev–Trinajstić information content (AvgIpc) is 2.33. The van der Waals surface area contributed by atoms with Gasteiger partial charge >= 0.3 is 0 Å². The molecule has 0 radical (unpaired) electrons. The first-order valence-electron chi connectivity index (χ1n) is 6.50. The molecule has 0 aromatic heterocycles. The van der Waals surface area contributed by atoms with Gasteiger partial charge in [-0.1, -0.05) is 0 Å². The molecule has 3 nitrogen and oxygen atoms in total. The van der Waals surface area contributed by atoms with Crippen molar-refractivity contribution in [2.75, 3.05) is 38.2 Å². The number of hydrogen-bond donors (Lipinski definition) is 1. The lowest BCUT2D eigenvalue weighted by Gasteiger charge is -2.32. The Balaban J connectivity index is 1.73. The van der Waals surface area contributed by atoms with Crippen LogP contribution in [-0.4, -0.2) is 33.3 Å². The van der Waals surface area contributed by atoms with E-state index < -0.39 is 0 Å². The van der Waals surface area contributed by atoms with Gasteiger partial charge in [0, 0.05) is 38.3 Å². The second-order valence-electron chi connectivity index (χ2n) is 5.15. The molecule has 0 unspecified atom stereocenters. The number of nitrogens with one attached hydrogen (secondary N) is 1. The summed E-state index contributed by atoms with van der Waals surface area (Å²) in [5, 5.41) is 3.32. The van der Waals surface area contributed by atoms with Crippen LogP contribution < -0.4 is 15.0 Å². The third-order valence-electron chi connectivity index (χ3n) is 3.73. The highest BCUT2D eigenvalue weighted by Crippen LogP contribution is 2.29. The molecule has 2 heterocycles. The van der Waals surface area contributed by atoms with Crippen molar-refractivity contribution in [1.82, 2.24) is 5.32 Å². The zero-order chi connectivity index (χ0) is 11.7. The van der Waals surface area contributed by atoms with E-state index in [2.05, 4.69) is 35.5 Å². The largest absolute Gasteiger partial charge is 0.493 e. The third-order valence-corrected chi connectivity index (χ3v) is 3.73. The SMILES string of the molecule is CN(CC1CNC1)c1ccc2c(c1)CCCO2. The Hall–Kier alpha value is -1.22. The molecule has 0 aliphatic carbocycles. The van der Waals surface area contributed by atoms with E-state index in [0.29, 0.717) is 0 Å². The number of anilines is 1. The summed E-state index contributed by atoms with van der Waals surface area (Å²) in [5.41, 5.74) is 2.69. The van der Waals surface area contributed by atoms with Gasteiger partial charge in [-0.15, -0.1) is 0 Å². The Morgan fingerprint density at radius 3 is 3.06 bits per heavy atom. The normalized spacial score (nSPS) is 19.1. The number of rotatable bonds is 3. The van der Waals surface area contributed by atoms with Gasteiger partial charge < -0.3 is 15.0 Å². The highest BCUT2D eigenvalue weighted by molar-refractivity contribution is 5.53. The molecule has 0 atom stereocenters. The minimum absolute atomic E-state index is 0.812. The van der Waals surface area contributed by atoms with Crippen LogP contribution >= 0.6 is 0 Å². The number of benzene rings is 1. The van der Waals surface area contributed by atoms with E-state index in [0.717, 1.165) is 37.7 Å². The Kier molecular flexibility index (Phi) is 2.93. The number of hydrogen-bond acceptors (Lipinski definition) is 3. The molecule has 3 rings (SSSR count). The minimum atomic E-state index is 0.812. The summed E-state index contributed by atoms with van der Waals surface area (Å²) in [6.07, 6.45) is 2.30. The Bertz CT molecular complexity index is 401. The zero-order valence-corrected chi connectivity index (χ0v) is 10.4. The predicted molar refractivity (Wildman–Crippen MR) is 69.9 cm³/mol. The lowest BCUT2D eigenvalue weighted by Crippen LogP contribution is -2.47. The van der Waals surface area contributed by atoms with Gasteiger partial charge in [0.25, 0.3) is 0 Å². The first-order chi connectivity index (χ1) is 8.33. The predicted octanol–water partition coefficient (Wildman–Crippen LogP) is 1.67. The second-order valence-corrected chi connectivity index (χ2v) is 5.15. The zero-order valence-electron chi connectivity index (χ0n) is 10.4. The topological polar surface area (TPSA) is 24.5 Å². The fraction of sp³-hybridized carbons (Fsp3) is 0.571. The van der Waals surface area contributed by atoms with Crippen LogP contribution in [0.25, 0.3) is 0 Å². The first kappa shape index (κ1) is 10.9. The standard InChI is InChI=1S/C14H20N2O/c1-16(10-11-8-15-9-11)13-4-5-14-12(7-13)3-2-6-17-14/h4-5,7,11,15H,2-3,6,8-10H2,1H3. The van der Waals surface area contributed by atoms with Gasteiger partial charge in [0.2, 0.25) is 0 Å². The van der Waals surface area contributed by atoms with E-state index in [1.165, 1.54) is 24.3 Å². The van der Waals surface area contributed by atoms with Crippen LogP contribution in [0.15, 0.2) is 18.2 Å². The molecule has 1 N–H and O–H groups in total. The maximum absolute atomic E-state index is 5.64. The van der Waals surface area contributed by atoms with Crippen molar-refractivity contribution in [1.29, 1.82) is 0 Å². The summed E-state index contributed by atoms with van der Waals surface area (Å²) >= 11 is 0. The molecule has 17 heavy (non-hydrogen) atoms. The summed E-state index contributed by atoms with van der Waals surface area (Å²) in [6, 6.07) is 6.59. The lowest BCUT2D eigenvalue weighted by molar-refractivity contribution is 0.288. The van der Waals surface area contributed by atoms with Crippen molar-refractivity contribution >= 4 is 5.69 Å². The maximum Gasteiger partial charge on any atom is 0.122 e. The van der Waals surface area contributed by atoms with Crippen molar-refractivity contribution in [3.05, 3.63) is 23.8 Å². The van der Waals surface area contributed by atoms with Gasteiger partial charge in [-0.05, 0) is 36.6 Å². The van der Waals surface area contributed by atoms with E-state index in [4.69, 9.17) is 4.74 Å². The van der Waals surface area contributed by atoms with Crippen LogP contribution in [0.2, 0.25) is 0 Å². The fourth-order valence-corrected chi connectivity index (χ4v) is 2.55. The fourth-order valence-electron chi connectivity index (χ4n) is 2.55. The number of ether oxygens (including phenoxy) is 1. The summed E-state index contributed by atoms with van der Waals surface area (Å²) < 4.78 is 5.64. The molecule has 1 saturated heterocycles. The van der Waals surface area contributed by atoms with E-state index in [-0.39, 0.29) is 0 Å². The van der Waals surface area contributed by atoms with Crippen molar-refractivity contribution in [2.24, 2.45) is 5.92 Å². The molecule has 1 aromatic rings. The van der Waals surface area contributed by atoms with E-state index in [1.807, 2.05) is 0 Å². The molecule has 92 valence electrons. The van der Waals surface area contributed by atoms with Crippen molar-refractivity contribution in [2.45, 2.75) is 12.8 Å². The molecule has 0 bridgehead atoms. The number of nitrogens with zero attached hydrogens (tertiary/aromatic N) is 1. The Morgan fingerprint density at radius 2 is 2.29 bits per heavy atom. The van der Waals surface area contributed by atoms with Crippen molar-refractivity contribution in [3.63, 3.8) is 0 Å². The Morgan fingerprint density at radius 1 is 1.41 bits per heavy atom. The summed E-state index contributed by atoms with van der Waals surface area (Å²) in [7, 11) is 2.18. The van der Waals surface area contributed by atoms with Gasteiger partial charge in [0.15, 0.2) is 0 Å².